The van der Waals surface area contributed by atoms with Gasteiger partial charge in [-0.05, 0) is 43.4 Å². The number of carbonyl (C=O) groups is 1. The molecule has 2 aromatic rings. The van der Waals surface area contributed by atoms with Gasteiger partial charge in [0, 0.05) is 17.0 Å². The third-order valence-electron chi connectivity index (χ3n) is 4.35. The molecule has 1 fully saturated rings. The van der Waals surface area contributed by atoms with E-state index in [1.807, 2.05) is 17.5 Å². The number of nitro benzene ring substituents is 1. The Kier molecular flexibility index (Phi) is 5.78. The second-order valence-electron chi connectivity index (χ2n) is 6.17. The molecule has 132 valence electrons. The van der Waals surface area contributed by atoms with Gasteiger partial charge in [0.15, 0.2) is 0 Å². The number of nitrogens with zero attached hydrogens (tertiary/aromatic N) is 3. The van der Waals surface area contributed by atoms with Crippen LogP contribution in [0.15, 0.2) is 41.8 Å². The quantitative estimate of drug-likeness (QED) is 0.583. The molecular weight excluding hydrogens is 338 g/mol. The fourth-order valence-electron chi connectivity index (χ4n) is 3.05. The molecular formula is C18H21N3O3S. The van der Waals surface area contributed by atoms with Crippen molar-refractivity contribution in [2.75, 3.05) is 24.5 Å². The Hall–Kier alpha value is -2.25. The maximum absolute atomic E-state index is 12.9. The van der Waals surface area contributed by atoms with Crippen molar-refractivity contribution < 1.29 is 9.72 Å². The Bertz CT molecular complexity index is 727. The molecule has 0 radical (unpaired) electrons. The molecule has 25 heavy (non-hydrogen) atoms. The van der Waals surface area contributed by atoms with Crippen LogP contribution in [-0.2, 0) is 11.3 Å². The van der Waals surface area contributed by atoms with Crippen molar-refractivity contribution in [3.63, 3.8) is 0 Å². The lowest BCUT2D eigenvalue weighted by atomic mass is 10.1. The second kappa shape index (κ2) is 8.22. The maximum atomic E-state index is 12.9. The summed E-state index contributed by atoms with van der Waals surface area (Å²) in [4.78, 5) is 28.5. The summed E-state index contributed by atoms with van der Waals surface area (Å²) in [6, 6.07) is 10.2. The van der Waals surface area contributed by atoms with Crippen molar-refractivity contribution in [1.82, 2.24) is 4.90 Å². The first kappa shape index (κ1) is 17.6. The van der Waals surface area contributed by atoms with Gasteiger partial charge in [-0.1, -0.05) is 18.6 Å². The van der Waals surface area contributed by atoms with Crippen LogP contribution in [0.4, 0.5) is 11.4 Å². The highest BCUT2D eigenvalue weighted by atomic mass is 32.1. The molecule has 7 heteroatoms. The van der Waals surface area contributed by atoms with E-state index in [2.05, 4.69) is 4.90 Å². The number of hydrogen-bond acceptors (Lipinski definition) is 5. The Morgan fingerprint density at radius 1 is 1.20 bits per heavy atom. The van der Waals surface area contributed by atoms with Crippen molar-refractivity contribution in [2.45, 2.75) is 25.8 Å². The minimum Gasteiger partial charge on any atom is -0.306 e. The van der Waals surface area contributed by atoms with Crippen LogP contribution in [0, 0.1) is 10.1 Å². The Morgan fingerprint density at radius 2 is 2.00 bits per heavy atom. The predicted molar refractivity (Wildman–Crippen MR) is 98.9 cm³/mol. The van der Waals surface area contributed by atoms with Crippen molar-refractivity contribution in [3.05, 3.63) is 56.8 Å². The van der Waals surface area contributed by atoms with Gasteiger partial charge in [0.2, 0.25) is 5.91 Å². The van der Waals surface area contributed by atoms with Gasteiger partial charge in [-0.15, -0.1) is 11.3 Å². The van der Waals surface area contributed by atoms with Gasteiger partial charge in [-0.25, -0.2) is 0 Å². The number of nitro groups is 1. The lowest BCUT2D eigenvalue weighted by molar-refractivity contribution is -0.384. The topological polar surface area (TPSA) is 66.7 Å². The number of hydrogen-bond donors (Lipinski definition) is 0. The van der Waals surface area contributed by atoms with Gasteiger partial charge in [-0.2, -0.15) is 0 Å². The fraction of sp³-hybridized carbons (Fsp3) is 0.389. The van der Waals surface area contributed by atoms with E-state index in [9.17, 15) is 14.9 Å². The van der Waals surface area contributed by atoms with E-state index >= 15 is 0 Å². The summed E-state index contributed by atoms with van der Waals surface area (Å²) in [6.45, 7) is 2.67. The smallest absolute Gasteiger partial charge is 0.271 e. The van der Waals surface area contributed by atoms with E-state index < -0.39 is 4.92 Å². The number of anilines is 1. The van der Waals surface area contributed by atoms with Gasteiger partial charge >= 0.3 is 0 Å². The molecule has 6 nitrogen and oxygen atoms in total. The van der Waals surface area contributed by atoms with Crippen LogP contribution in [0.25, 0.3) is 0 Å². The van der Waals surface area contributed by atoms with E-state index in [0.717, 1.165) is 30.8 Å². The molecule has 0 aliphatic carbocycles. The molecule has 0 spiro atoms. The number of likely N-dealkylation sites (tertiary alicyclic amines) is 1. The summed E-state index contributed by atoms with van der Waals surface area (Å²) in [7, 11) is 0. The maximum Gasteiger partial charge on any atom is 0.271 e. The van der Waals surface area contributed by atoms with Crippen LogP contribution in [0.5, 0.6) is 0 Å². The normalized spacial score (nSPS) is 15.0. The zero-order chi connectivity index (χ0) is 17.6. The van der Waals surface area contributed by atoms with E-state index in [1.165, 1.54) is 18.6 Å². The first-order valence-corrected chi connectivity index (χ1v) is 9.31. The zero-order valence-corrected chi connectivity index (χ0v) is 14.8. The summed E-state index contributed by atoms with van der Waals surface area (Å²) >= 11 is 1.58. The molecule has 1 aromatic carbocycles. The molecule has 0 bridgehead atoms. The highest BCUT2D eigenvalue weighted by Gasteiger charge is 2.22. The number of amides is 1. The third-order valence-corrected chi connectivity index (χ3v) is 5.22. The SMILES string of the molecule is O=C(CN1CCCCC1)N(Cc1cccs1)c1cccc([N+](=O)[O-])c1. The van der Waals surface area contributed by atoms with Crippen molar-refractivity contribution >= 4 is 28.6 Å². The molecule has 1 saturated heterocycles. The minimum absolute atomic E-state index is 0.000507. The van der Waals surface area contributed by atoms with E-state index in [4.69, 9.17) is 0 Å². The van der Waals surface area contributed by atoms with Crippen LogP contribution in [0.2, 0.25) is 0 Å². The fourth-order valence-corrected chi connectivity index (χ4v) is 3.74. The summed E-state index contributed by atoms with van der Waals surface area (Å²) in [6.07, 6.45) is 3.46. The number of benzene rings is 1. The largest absolute Gasteiger partial charge is 0.306 e. The summed E-state index contributed by atoms with van der Waals surface area (Å²) < 4.78 is 0. The van der Waals surface area contributed by atoms with Crippen LogP contribution in [-0.4, -0.2) is 35.4 Å². The third kappa shape index (κ3) is 4.64. The molecule has 1 aliphatic heterocycles. The van der Waals surface area contributed by atoms with Gasteiger partial charge in [-0.3, -0.25) is 19.8 Å². The molecule has 0 unspecified atom stereocenters. The van der Waals surface area contributed by atoms with Crippen LogP contribution < -0.4 is 4.90 Å². The van der Waals surface area contributed by atoms with Gasteiger partial charge in [0.05, 0.1) is 23.7 Å². The number of rotatable bonds is 6. The molecule has 1 amide bonds. The number of non-ortho nitro benzene ring substituents is 1. The lowest BCUT2D eigenvalue weighted by Crippen LogP contribution is -2.42. The predicted octanol–water partition coefficient (Wildman–Crippen LogP) is 3.68. The van der Waals surface area contributed by atoms with Gasteiger partial charge in [0.25, 0.3) is 5.69 Å². The number of carbonyl (C=O) groups excluding carboxylic acids is 1. The second-order valence-corrected chi connectivity index (χ2v) is 7.21. The van der Waals surface area contributed by atoms with E-state index in [-0.39, 0.29) is 11.6 Å². The molecule has 3 rings (SSSR count). The van der Waals surface area contributed by atoms with E-state index in [0.29, 0.717) is 18.8 Å². The van der Waals surface area contributed by atoms with Crippen LogP contribution >= 0.6 is 11.3 Å². The first-order valence-electron chi connectivity index (χ1n) is 8.43. The molecule has 2 heterocycles. The van der Waals surface area contributed by atoms with Gasteiger partial charge < -0.3 is 4.90 Å². The molecule has 0 atom stereocenters. The Morgan fingerprint density at radius 3 is 2.68 bits per heavy atom. The summed E-state index contributed by atoms with van der Waals surface area (Å²) in [5.74, 6) is -0.0178. The zero-order valence-electron chi connectivity index (χ0n) is 14.0. The average molecular weight is 359 g/mol. The van der Waals surface area contributed by atoms with Crippen LogP contribution in [0.1, 0.15) is 24.1 Å². The van der Waals surface area contributed by atoms with E-state index in [1.54, 1.807) is 28.4 Å². The highest BCUT2D eigenvalue weighted by Crippen LogP contribution is 2.24. The average Bonchev–Trinajstić information content (AvgIpc) is 3.14. The van der Waals surface area contributed by atoms with Crippen molar-refractivity contribution in [3.8, 4) is 0 Å². The van der Waals surface area contributed by atoms with Crippen molar-refractivity contribution in [1.29, 1.82) is 0 Å². The molecule has 0 saturated carbocycles. The minimum atomic E-state index is -0.429. The summed E-state index contributed by atoms with van der Waals surface area (Å²) in [5.41, 5.74) is 0.573. The Labute approximate surface area is 150 Å². The summed E-state index contributed by atoms with van der Waals surface area (Å²) in [5, 5.41) is 13.0. The lowest BCUT2D eigenvalue weighted by Gasteiger charge is -2.29. The monoisotopic (exact) mass is 359 g/mol. The molecule has 1 aromatic heterocycles. The van der Waals surface area contributed by atoms with Gasteiger partial charge in [0.1, 0.15) is 0 Å². The standard InChI is InChI=1S/C18H21N3O3S/c22-18(14-19-9-2-1-3-10-19)20(13-17-8-5-11-25-17)15-6-4-7-16(12-15)21(23)24/h4-8,11-12H,1-3,9-10,13-14H2. The molecule has 0 N–H and O–H groups in total. The number of thiophene rings is 1. The highest BCUT2D eigenvalue weighted by molar-refractivity contribution is 7.09. The number of piperidine rings is 1. The first-order chi connectivity index (χ1) is 12.1. The van der Waals surface area contributed by atoms with Crippen molar-refractivity contribution in [2.24, 2.45) is 0 Å². The molecule has 1 aliphatic rings. The Balaban J connectivity index is 1.82. The van der Waals surface area contributed by atoms with Crippen LogP contribution in [0.3, 0.4) is 0 Å².